The van der Waals surface area contributed by atoms with E-state index in [9.17, 15) is 20.0 Å². The molecule has 4 heterocycles. The summed E-state index contributed by atoms with van der Waals surface area (Å²) in [5, 5.41) is 45.1. The van der Waals surface area contributed by atoms with Crippen LogP contribution in [0.4, 0.5) is 17.2 Å². The number of nitro benzene ring substituents is 1. The van der Waals surface area contributed by atoms with Crippen LogP contribution in [0.5, 0.6) is 5.88 Å². The van der Waals surface area contributed by atoms with Crippen LogP contribution in [0.3, 0.4) is 0 Å². The SMILES string of the molecule is CCN1CCN(Cc2c(C(=O)N=Nc3c(O)n(C)c4ccc([N+](=O)[O-])cc34)nnn2-c2nonc2N)CC1.Cl. The summed E-state index contributed by atoms with van der Waals surface area (Å²) in [7, 11) is 1.56. The molecular weight excluding hydrogens is 536 g/mol. The molecule has 5 rings (SSSR count). The molecule has 0 unspecified atom stereocenters. The number of likely N-dealkylation sites (N-methyl/N-ethyl adjacent to an activating group) is 1. The molecule has 206 valence electrons. The maximum Gasteiger partial charge on any atom is 0.317 e. The number of aryl methyl sites for hydroxylation is 1. The lowest BCUT2D eigenvalue weighted by atomic mass is 10.2. The van der Waals surface area contributed by atoms with Crippen molar-refractivity contribution in [3.8, 4) is 11.7 Å². The quantitative estimate of drug-likeness (QED) is 0.188. The Balaban J connectivity index is 0.00000353. The maximum absolute atomic E-state index is 13.2. The Kier molecular flexibility index (Phi) is 7.84. The molecule has 4 aromatic rings. The Hall–Kier alpha value is -4.48. The van der Waals surface area contributed by atoms with Crippen molar-refractivity contribution in [3.63, 3.8) is 0 Å². The first-order chi connectivity index (χ1) is 18.3. The molecule has 3 N–H and O–H groups in total. The van der Waals surface area contributed by atoms with E-state index in [2.05, 4.69) is 47.6 Å². The molecule has 1 amide bonds. The second kappa shape index (κ2) is 11.1. The van der Waals surface area contributed by atoms with Gasteiger partial charge in [0.1, 0.15) is 0 Å². The van der Waals surface area contributed by atoms with Crippen molar-refractivity contribution >= 4 is 46.4 Å². The van der Waals surface area contributed by atoms with Crippen molar-refractivity contribution in [1.82, 2.24) is 39.7 Å². The van der Waals surface area contributed by atoms with Crippen LogP contribution < -0.4 is 5.73 Å². The monoisotopic (exact) mass is 560 g/mol. The number of piperazine rings is 1. The fraction of sp³-hybridized carbons (Fsp3) is 0.381. The van der Waals surface area contributed by atoms with Crippen molar-refractivity contribution in [2.45, 2.75) is 13.5 Å². The molecule has 39 heavy (non-hydrogen) atoms. The number of fused-ring (bicyclic) bond motifs is 1. The number of nitrogen functional groups attached to an aromatic ring is 1. The van der Waals surface area contributed by atoms with Crippen molar-refractivity contribution in [2.75, 3.05) is 38.5 Å². The summed E-state index contributed by atoms with van der Waals surface area (Å²) in [6.45, 7) is 6.57. The maximum atomic E-state index is 13.2. The molecule has 0 atom stereocenters. The molecule has 0 aliphatic carbocycles. The van der Waals surface area contributed by atoms with Crippen LogP contribution in [0.15, 0.2) is 33.1 Å². The third-order valence-electron chi connectivity index (χ3n) is 6.53. The molecule has 1 aliphatic rings. The van der Waals surface area contributed by atoms with E-state index in [0.29, 0.717) is 17.8 Å². The largest absolute Gasteiger partial charge is 0.493 e. The second-order valence-electron chi connectivity index (χ2n) is 8.67. The lowest BCUT2D eigenvalue weighted by Crippen LogP contribution is -2.46. The number of amides is 1. The van der Waals surface area contributed by atoms with Gasteiger partial charge in [0.15, 0.2) is 11.4 Å². The average molecular weight is 561 g/mol. The van der Waals surface area contributed by atoms with E-state index in [4.69, 9.17) is 10.4 Å². The summed E-state index contributed by atoms with van der Waals surface area (Å²) in [5.74, 6) is -1.10. The van der Waals surface area contributed by atoms with Gasteiger partial charge in [0.05, 0.1) is 16.1 Å². The van der Waals surface area contributed by atoms with Crippen LogP contribution in [-0.2, 0) is 13.6 Å². The zero-order chi connectivity index (χ0) is 27.0. The van der Waals surface area contributed by atoms with Gasteiger partial charge >= 0.3 is 5.91 Å². The number of anilines is 1. The number of aromatic hydroxyl groups is 1. The van der Waals surface area contributed by atoms with Crippen LogP contribution in [0.25, 0.3) is 16.7 Å². The Morgan fingerprint density at radius 2 is 1.95 bits per heavy atom. The standard InChI is InChI=1S/C21H24N12O5.ClH/c1-3-30-6-8-31(9-7-30)11-15-17(24-28-32(15)19-18(22)26-38-27-19)20(34)25-23-16-13-10-12(33(36)37)4-5-14(13)29(2)21(16)35;/h4-5,10,35H,3,6-9,11H2,1-2H3,(H2,22,26);1H. The Morgan fingerprint density at radius 3 is 2.59 bits per heavy atom. The van der Waals surface area contributed by atoms with Crippen LogP contribution in [0.2, 0.25) is 0 Å². The van der Waals surface area contributed by atoms with Gasteiger partial charge in [-0.1, -0.05) is 12.1 Å². The third-order valence-corrected chi connectivity index (χ3v) is 6.53. The number of azo groups is 1. The summed E-state index contributed by atoms with van der Waals surface area (Å²) < 4.78 is 7.35. The van der Waals surface area contributed by atoms with E-state index in [1.54, 1.807) is 7.05 Å². The lowest BCUT2D eigenvalue weighted by Gasteiger charge is -2.33. The first kappa shape index (κ1) is 27.6. The van der Waals surface area contributed by atoms with E-state index in [-0.39, 0.29) is 52.4 Å². The molecule has 1 fully saturated rings. The molecule has 1 saturated heterocycles. The zero-order valence-corrected chi connectivity index (χ0v) is 21.8. The number of hydrogen-bond donors (Lipinski definition) is 2. The predicted molar refractivity (Wildman–Crippen MR) is 138 cm³/mol. The molecule has 0 spiro atoms. The number of carbonyl (C=O) groups excluding carboxylic acids is 1. The number of benzene rings is 1. The van der Waals surface area contributed by atoms with Crippen LogP contribution >= 0.6 is 12.4 Å². The Bertz CT molecular complexity index is 1550. The van der Waals surface area contributed by atoms with Crippen LogP contribution in [-0.4, -0.2) is 88.3 Å². The summed E-state index contributed by atoms with van der Waals surface area (Å²) >= 11 is 0. The van der Waals surface area contributed by atoms with Gasteiger partial charge in [0.2, 0.25) is 17.5 Å². The van der Waals surface area contributed by atoms with Gasteiger partial charge in [0, 0.05) is 57.3 Å². The summed E-state index contributed by atoms with van der Waals surface area (Å²) in [6.07, 6.45) is 0. The molecular formula is C21H25ClN12O5. The number of halogens is 1. The number of non-ortho nitro benzene ring substituents is 1. The van der Waals surface area contributed by atoms with Crippen molar-refractivity contribution in [1.29, 1.82) is 0 Å². The number of nitrogens with zero attached hydrogens (tertiary/aromatic N) is 11. The van der Waals surface area contributed by atoms with E-state index in [1.807, 2.05) is 0 Å². The van der Waals surface area contributed by atoms with Gasteiger partial charge in [-0.15, -0.1) is 27.7 Å². The normalized spacial score (nSPS) is 14.7. The highest BCUT2D eigenvalue weighted by Crippen LogP contribution is 2.39. The number of nitro groups is 1. The number of nitrogens with two attached hydrogens (primary N) is 1. The van der Waals surface area contributed by atoms with E-state index >= 15 is 0 Å². The van der Waals surface area contributed by atoms with Gasteiger partial charge in [0.25, 0.3) is 5.69 Å². The zero-order valence-electron chi connectivity index (χ0n) is 21.0. The van der Waals surface area contributed by atoms with Gasteiger partial charge < -0.3 is 20.3 Å². The number of carbonyl (C=O) groups is 1. The smallest absolute Gasteiger partial charge is 0.317 e. The first-order valence-corrected chi connectivity index (χ1v) is 11.7. The Labute approximate surface area is 226 Å². The van der Waals surface area contributed by atoms with E-state index in [1.165, 1.54) is 27.4 Å². The highest BCUT2D eigenvalue weighted by atomic mass is 35.5. The van der Waals surface area contributed by atoms with Gasteiger partial charge in [-0.2, -0.15) is 4.68 Å². The van der Waals surface area contributed by atoms with Crippen molar-refractivity contribution in [3.05, 3.63) is 39.7 Å². The van der Waals surface area contributed by atoms with E-state index in [0.717, 1.165) is 32.7 Å². The summed E-state index contributed by atoms with van der Waals surface area (Å²) in [6, 6.07) is 4.04. The molecule has 0 bridgehead atoms. The summed E-state index contributed by atoms with van der Waals surface area (Å²) in [5.41, 5.74) is 6.31. The minimum atomic E-state index is -0.838. The highest BCUT2D eigenvalue weighted by molar-refractivity contribution is 5.98. The van der Waals surface area contributed by atoms with Crippen molar-refractivity contribution < 1.29 is 19.5 Å². The van der Waals surface area contributed by atoms with Gasteiger partial charge in [-0.25, -0.2) is 4.63 Å². The van der Waals surface area contributed by atoms with Crippen LogP contribution in [0, 0.1) is 10.1 Å². The summed E-state index contributed by atoms with van der Waals surface area (Å²) in [4.78, 5) is 28.3. The lowest BCUT2D eigenvalue weighted by molar-refractivity contribution is -0.384. The number of aromatic nitrogens is 6. The average Bonchev–Trinajstić information content (AvgIpc) is 3.59. The van der Waals surface area contributed by atoms with Crippen LogP contribution in [0.1, 0.15) is 23.1 Å². The fourth-order valence-corrected chi connectivity index (χ4v) is 4.35. The van der Waals surface area contributed by atoms with Crippen molar-refractivity contribution in [2.24, 2.45) is 17.3 Å². The van der Waals surface area contributed by atoms with Gasteiger partial charge in [-0.3, -0.25) is 19.8 Å². The minimum absolute atomic E-state index is 0. The molecule has 0 saturated carbocycles. The third kappa shape index (κ3) is 5.14. The fourth-order valence-electron chi connectivity index (χ4n) is 4.35. The molecule has 1 aromatic carbocycles. The molecule has 3 aromatic heterocycles. The van der Waals surface area contributed by atoms with E-state index < -0.39 is 10.8 Å². The minimum Gasteiger partial charge on any atom is -0.493 e. The second-order valence-corrected chi connectivity index (χ2v) is 8.67. The molecule has 0 radical (unpaired) electrons. The predicted octanol–water partition coefficient (Wildman–Crippen LogP) is 1.82. The molecule has 18 heteroatoms. The number of hydrogen-bond acceptors (Lipinski definition) is 13. The Morgan fingerprint density at radius 1 is 1.23 bits per heavy atom. The number of rotatable bonds is 7. The molecule has 17 nitrogen and oxygen atoms in total. The first-order valence-electron chi connectivity index (χ1n) is 11.7. The highest BCUT2D eigenvalue weighted by Gasteiger charge is 2.27. The topological polar surface area (TPSA) is 212 Å². The van der Waals surface area contributed by atoms with Gasteiger partial charge in [-0.05, 0) is 22.9 Å². The molecule has 1 aliphatic heterocycles.